The predicted molar refractivity (Wildman–Crippen MR) is 29.0 cm³/mol. The minimum Gasteiger partial charge on any atom is -1.00 e. The van der Waals surface area contributed by atoms with E-state index in [1.54, 1.807) is 0 Å². The van der Waals surface area contributed by atoms with Crippen LogP contribution in [0.15, 0.2) is 12.3 Å². The van der Waals surface area contributed by atoms with Gasteiger partial charge < -0.3 is 11.5 Å². The number of aromatic amines is 1. The minimum atomic E-state index is 0. The zero-order chi connectivity index (χ0) is 5.98. The molecule has 1 aromatic rings. The molecule has 0 fully saturated rings. The number of nitrogens with one attached hydrogen (secondary N) is 1. The van der Waals surface area contributed by atoms with Gasteiger partial charge in [0.05, 0.1) is 5.69 Å². The number of hydrogen-bond donors (Lipinski definition) is 2. The number of aldehydes is 1. The molecule has 1 heterocycles. The van der Waals surface area contributed by atoms with Gasteiger partial charge in [0.15, 0.2) is 6.29 Å². The number of aromatic hydroxyl groups is 1. The number of carbonyl (C=O) groups is 1. The van der Waals surface area contributed by atoms with Gasteiger partial charge in [-0.2, -0.15) is 0 Å². The van der Waals surface area contributed by atoms with Gasteiger partial charge in [0.25, 0.3) is 0 Å². The molecule has 0 unspecified atom stereocenters. The maximum Gasteiger partial charge on any atom is 1.00 e. The molecule has 1 aromatic heterocycles. The smallest absolute Gasteiger partial charge is 1.00 e. The SMILES string of the molecule is O=Cc1cc(O)c[nH]1.[H-].[K+]. The molecular weight excluding hydrogens is 145 g/mol. The van der Waals surface area contributed by atoms with E-state index >= 15 is 0 Å². The molecule has 0 spiro atoms. The monoisotopic (exact) mass is 151 g/mol. The average molecular weight is 151 g/mol. The van der Waals surface area contributed by atoms with Crippen molar-refractivity contribution in [2.24, 2.45) is 0 Å². The topological polar surface area (TPSA) is 53.1 Å². The summed E-state index contributed by atoms with van der Waals surface area (Å²) in [6.07, 6.45) is 1.99. The molecule has 0 aliphatic rings. The first-order valence-corrected chi connectivity index (χ1v) is 2.15. The fourth-order valence-electron chi connectivity index (χ4n) is 0.468. The fraction of sp³-hybridized carbons (Fsp3) is 0. The van der Waals surface area contributed by atoms with Crippen molar-refractivity contribution in [2.75, 3.05) is 0 Å². The maximum atomic E-state index is 9.88. The molecular formula is C5H6KNO2. The Kier molecular flexibility index (Phi) is 4.42. The first-order valence-electron chi connectivity index (χ1n) is 2.15. The molecule has 1 rings (SSSR count). The van der Waals surface area contributed by atoms with E-state index in [4.69, 9.17) is 5.11 Å². The normalized spacial score (nSPS) is 8.00. The zero-order valence-corrected chi connectivity index (χ0v) is 8.21. The molecule has 0 saturated heterocycles. The van der Waals surface area contributed by atoms with E-state index in [0.717, 1.165) is 0 Å². The zero-order valence-electron chi connectivity index (χ0n) is 6.09. The summed E-state index contributed by atoms with van der Waals surface area (Å²) in [6, 6.07) is 1.35. The standard InChI is InChI=1S/C5H5NO2.K.H/c7-3-4-1-5(8)2-6-4;;/h1-3,6,8H;;/q;+1;-1. The van der Waals surface area contributed by atoms with Crippen LogP contribution in [-0.2, 0) is 0 Å². The van der Waals surface area contributed by atoms with Crippen molar-refractivity contribution >= 4 is 6.29 Å². The Morgan fingerprint density at radius 3 is 2.67 bits per heavy atom. The summed E-state index contributed by atoms with van der Waals surface area (Å²) in [4.78, 5) is 12.4. The number of rotatable bonds is 1. The van der Waals surface area contributed by atoms with E-state index in [2.05, 4.69) is 4.98 Å². The summed E-state index contributed by atoms with van der Waals surface area (Å²) in [5.41, 5.74) is 0.391. The van der Waals surface area contributed by atoms with Crippen LogP contribution in [0.1, 0.15) is 11.9 Å². The Bertz CT molecular complexity index is 201. The number of H-pyrrole nitrogens is 1. The van der Waals surface area contributed by atoms with Crippen LogP contribution in [0.25, 0.3) is 0 Å². The molecule has 44 valence electrons. The molecule has 0 radical (unpaired) electrons. The average Bonchev–Trinajstić information content (AvgIpc) is 2.14. The molecule has 3 nitrogen and oxygen atoms in total. The summed E-state index contributed by atoms with van der Waals surface area (Å²) in [6.45, 7) is 0. The molecule has 0 atom stereocenters. The van der Waals surface area contributed by atoms with Gasteiger partial charge in [-0.1, -0.05) is 0 Å². The quantitative estimate of drug-likeness (QED) is 0.349. The molecule has 0 aliphatic carbocycles. The third-order valence-corrected chi connectivity index (χ3v) is 0.817. The Balaban J connectivity index is 0. The van der Waals surface area contributed by atoms with E-state index in [0.29, 0.717) is 12.0 Å². The van der Waals surface area contributed by atoms with Crippen LogP contribution in [-0.4, -0.2) is 16.4 Å². The van der Waals surface area contributed by atoms with E-state index < -0.39 is 0 Å². The summed E-state index contributed by atoms with van der Waals surface area (Å²) < 4.78 is 0. The van der Waals surface area contributed by atoms with E-state index in [1.165, 1.54) is 12.3 Å². The molecule has 4 heteroatoms. The van der Waals surface area contributed by atoms with Crippen LogP contribution in [0.2, 0.25) is 0 Å². The van der Waals surface area contributed by atoms with Crippen molar-refractivity contribution in [2.45, 2.75) is 0 Å². The van der Waals surface area contributed by atoms with Gasteiger partial charge in [-0.3, -0.25) is 4.79 Å². The number of hydrogen-bond acceptors (Lipinski definition) is 2. The van der Waals surface area contributed by atoms with Gasteiger partial charge in [-0.25, -0.2) is 0 Å². The van der Waals surface area contributed by atoms with E-state index in [-0.39, 0.29) is 58.6 Å². The third kappa shape index (κ3) is 2.64. The van der Waals surface area contributed by atoms with Crippen LogP contribution >= 0.6 is 0 Å². The van der Waals surface area contributed by atoms with Crippen molar-refractivity contribution in [3.8, 4) is 5.75 Å². The van der Waals surface area contributed by atoms with Crippen LogP contribution < -0.4 is 51.4 Å². The minimum absolute atomic E-state index is 0. The third-order valence-electron chi connectivity index (χ3n) is 0.817. The Hall–Kier alpha value is 0.386. The Morgan fingerprint density at radius 1 is 1.78 bits per heavy atom. The maximum absolute atomic E-state index is 9.88. The predicted octanol–water partition coefficient (Wildman–Crippen LogP) is -2.35. The van der Waals surface area contributed by atoms with Crippen molar-refractivity contribution in [3.63, 3.8) is 0 Å². The second-order valence-corrected chi connectivity index (χ2v) is 1.43. The Labute approximate surface area is 96.4 Å². The summed E-state index contributed by atoms with van der Waals surface area (Å²) in [5, 5.41) is 8.59. The Morgan fingerprint density at radius 2 is 2.44 bits per heavy atom. The summed E-state index contributed by atoms with van der Waals surface area (Å²) >= 11 is 0. The molecule has 0 amide bonds. The van der Waals surface area contributed by atoms with Gasteiger partial charge in [0.1, 0.15) is 5.75 Å². The van der Waals surface area contributed by atoms with Crippen molar-refractivity contribution in [1.29, 1.82) is 0 Å². The number of carbonyl (C=O) groups excluding carboxylic acids is 1. The second kappa shape index (κ2) is 4.24. The molecule has 0 bridgehead atoms. The largest absolute Gasteiger partial charge is 1.00 e. The molecule has 9 heavy (non-hydrogen) atoms. The van der Waals surface area contributed by atoms with Crippen LogP contribution in [0.5, 0.6) is 5.75 Å². The first-order chi connectivity index (χ1) is 3.83. The van der Waals surface area contributed by atoms with E-state index in [9.17, 15) is 4.79 Å². The molecule has 0 aromatic carbocycles. The number of aromatic nitrogens is 1. The van der Waals surface area contributed by atoms with Crippen molar-refractivity contribution in [1.82, 2.24) is 4.98 Å². The van der Waals surface area contributed by atoms with Crippen molar-refractivity contribution < 1.29 is 62.7 Å². The second-order valence-electron chi connectivity index (χ2n) is 1.43. The first kappa shape index (κ1) is 9.39. The van der Waals surface area contributed by atoms with Gasteiger partial charge in [-0.15, -0.1) is 0 Å². The fourth-order valence-corrected chi connectivity index (χ4v) is 0.468. The van der Waals surface area contributed by atoms with Crippen LogP contribution in [0.4, 0.5) is 0 Å². The molecule has 0 aliphatic heterocycles. The van der Waals surface area contributed by atoms with Crippen LogP contribution in [0.3, 0.4) is 0 Å². The summed E-state index contributed by atoms with van der Waals surface area (Å²) in [5.74, 6) is 0.0899. The molecule has 2 N–H and O–H groups in total. The van der Waals surface area contributed by atoms with Gasteiger partial charge in [-0.05, 0) is 0 Å². The van der Waals surface area contributed by atoms with Crippen molar-refractivity contribution in [3.05, 3.63) is 18.0 Å². The van der Waals surface area contributed by atoms with Gasteiger partial charge in [0, 0.05) is 12.3 Å². The summed E-state index contributed by atoms with van der Waals surface area (Å²) in [7, 11) is 0. The van der Waals surface area contributed by atoms with Gasteiger partial charge >= 0.3 is 51.4 Å². The van der Waals surface area contributed by atoms with E-state index in [1.807, 2.05) is 0 Å². The van der Waals surface area contributed by atoms with Crippen LogP contribution in [0, 0.1) is 0 Å². The molecule has 0 saturated carbocycles. The van der Waals surface area contributed by atoms with Gasteiger partial charge in [0.2, 0.25) is 0 Å².